The van der Waals surface area contributed by atoms with Crippen LogP contribution in [0.25, 0.3) is 0 Å². The summed E-state index contributed by atoms with van der Waals surface area (Å²) in [7, 11) is 1.82. The van der Waals surface area contributed by atoms with Crippen LogP contribution in [-0.4, -0.2) is 29.9 Å². The normalized spacial score (nSPS) is 14.6. The van der Waals surface area contributed by atoms with Crippen molar-refractivity contribution in [1.82, 2.24) is 5.32 Å². The third-order valence-corrected chi connectivity index (χ3v) is 3.20. The molecule has 0 radical (unpaired) electrons. The van der Waals surface area contributed by atoms with Gasteiger partial charge in [-0.2, -0.15) is 11.8 Å². The molecule has 3 heteroatoms. The Labute approximate surface area is 73.1 Å². The van der Waals surface area contributed by atoms with Crippen LogP contribution in [0.15, 0.2) is 0 Å². The summed E-state index contributed by atoms with van der Waals surface area (Å²) in [6.07, 6.45) is 2.02. The lowest BCUT2D eigenvalue weighted by molar-refractivity contribution is -0.119. The fourth-order valence-corrected chi connectivity index (χ4v) is 1.68. The molecule has 0 aliphatic heterocycles. The van der Waals surface area contributed by atoms with Gasteiger partial charge in [-0.25, -0.2) is 0 Å². The molecule has 0 spiro atoms. The Bertz CT molecular complexity index is 145. The summed E-state index contributed by atoms with van der Waals surface area (Å²) in [5, 5.41) is 3.02. The second-order valence-corrected chi connectivity index (χ2v) is 4.60. The highest BCUT2D eigenvalue weighted by atomic mass is 32.2. The van der Waals surface area contributed by atoms with Crippen molar-refractivity contribution in [2.45, 2.75) is 31.6 Å². The molecule has 0 saturated carbocycles. The number of Topliss-reactive ketones (excluding diaryl/α,β-unsaturated/α-hetero) is 1. The molecule has 0 aromatic heterocycles. The molecule has 2 nitrogen and oxygen atoms in total. The number of hydrogen-bond donors (Lipinski definition) is 1. The molecule has 0 aliphatic rings. The predicted molar refractivity (Wildman–Crippen MR) is 51.1 cm³/mol. The lowest BCUT2D eigenvalue weighted by Gasteiger charge is -2.30. The fraction of sp³-hybridized carbons (Fsp3) is 0.875. The number of likely N-dealkylation sites (N-methyl/N-ethyl adjacent to an activating group) is 1. The zero-order valence-corrected chi connectivity index (χ0v) is 8.71. The highest BCUT2D eigenvalue weighted by Gasteiger charge is 2.30. The lowest BCUT2D eigenvalue weighted by atomic mass is 10.0. The number of carbonyl (C=O) groups excluding carboxylic acids is 1. The van der Waals surface area contributed by atoms with Gasteiger partial charge >= 0.3 is 0 Å². The van der Waals surface area contributed by atoms with Gasteiger partial charge in [-0.15, -0.1) is 0 Å². The summed E-state index contributed by atoms with van der Waals surface area (Å²) in [6, 6.07) is -0.0440. The second kappa shape index (κ2) is 4.12. The van der Waals surface area contributed by atoms with E-state index < -0.39 is 0 Å². The first kappa shape index (κ1) is 11.0. The van der Waals surface area contributed by atoms with Crippen molar-refractivity contribution in [2.24, 2.45) is 0 Å². The number of carbonyl (C=O) groups is 1. The van der Waals surface area contributed by atoms with E-state index in [9.17, 15) is 4.79 Å². The summed E-state index contributed by atoms with van der Waals surface area (Å²) >= 11 is 1.70. The summed E-state index contributed by atoms with van der Waals surface area (Å²) < 4.78 is -0.0133. The minimum Gasteiger partial charge on any atom is -0.309 e. The Morgan fingerprint density at radius 2 is 2.00 bits per heavy atom. The minimum atomic E-state index is -0.0440. The van der Waals surface area contributed by atoms with E-state index in [0.29, 0.717) is 0 Å². The molecule has 66 valence electrons. The molecular weight excluding hydrogens is 158 g/mol. The second-order valence-electron chi connectivity index (χ2n) is 3.14. The molecular formula is C8H17NOS. The average molecular weight is 175 g/mol. The molecule has 0 rings (SSSR count). The summed E-state index contributed by atoms with van der Waals surface area (Å²) in [5.74, 6) is 0.201. The molecule has 11 heavy (non-hydrogen) atoms. The molecule has 0 aromatic carbocycles. The van der Waals surface area contributed by atoms with Crippen LogP contribution in [0.1, 0.15) is 20.8 Å². The Morgan fingerprint density at radius 1 is 1.55 bits per heavy atom. The van der Waals surface area contributed by atoms with Crippen LogP contribution in [-0.2, 0) is 4.79 Å². The Morgan fingerprint density at radius 3 is 2.09 bits per heavy atom. The van der Waals surface area contributed by atoms with Crippen molar-refractivity contribution in [3.63, 3.8) is 0 Å². The quantitative estimate of drug-likeness (QED) is 0.698. The van der Waals surface area contributed by atoms with Crippen LogP contribution in [0.2, 0.25) is 0 Å². The van der Waals surface area contributed by atoms with Crippen LogP contribution < -0.4 is 5.32 Å². The topological polar surface area (TPSA) is 29.1 Å². The molecule has 1 N–H and O–H groups in total. The van der Waals surface area contributed by atoms with Gasteiger partial charge in [0.05, 0.1) is 6.04 Å². The molecule has 0 unspecified atom stereocenters. The average Bonchev–Trinajstić information content (AvgIpc) is 1.88. The van der Waals surface area contributed by atoms with Gasteiger partial charge in [0, 0.05) is 4.75 Å². The maximum atomic E-state index is 11.1. The van der Waals surface area contributed by atoms with Gasteiger partial charge in [-0.3, -0.25) is 4.79 Å². The molecule has 0 aliphatic carbocycles. The van der Waals surface area contributed by atoms with Gasteiger partial charge in [0.1, 0.15) is 5.78 Å². The summed E-state index contributed by atoms with van der Waals surface area (Å²) in [6.45, 7) is 5.76. The first-order valence-corrected chi connectivity index (χ1v) is 4.91. The van der Waals surface area contributed by atoms with Crippen LogP contribution >= 0.6 is 11.8 Å². The highest BCUT2D eigenvalue weighted by Crippen LogP contribution is 2.25. The van der Waals surface area contributed by atoms with Gasteiger partial charge in [0.15, 0.2) is 0 Å². The maximum absolute atomic E-state index is 11.1. The molecule has 0 fully saturated rings. The molecule has 0 saturated heterocycles. The van der Waals surface area contributed by atoms with E-state index in [4.69, 9.17) is 0 Å². The van der Waals surface area contributed by atoms with Crippen LogP contribution in [0.5, 0.6) is 0 Å². The van der Waals surface area contributed by atoms with Crippen molar-refractivity contribution >= 4 is 17.5 Å². The molecule has 1 atom stereocenters. The molecule has 0 aromatic rings. The Hall–Kier alpha value is -0.0200. The lowest BCUT2D eigenvalue weighted by Crippen LogP contribution is -2.47. The summed E-state index contributed by atoms with van der Waals surface area (Å²) in [5.41, 5.74) is 0. The van der Waals surface area contributed by atoms with E-state index >= 15 is 0 Å². The first-order valence-electron chi connectivity index (χ1n) is 3.68. The van der Waals surface area contributed by atoms with E-state index in [0.717, 1.165) is 0 Å². The summed E-state index contributed by atoms with van der Waals surface area (Å²) in [4.78, 5) is 11.1. The molecule has 0 bridgehead atoms. The van der Waals surface area contributed by atoms with Crippen molar-refractivity contribution in [3.8, 4) is 0 Å². The molecule has 0 amide bonds. The number of thioether (sulfide) groups is 1. The first-order chi connectivity index (χ1) is 4.95. The fourth-order valence-electron chi connectivity index (χ4n) is 1.16. The van der Waals surface area contributed by atoms with Crippen LogP contribution in [0.3, 0.4) is 0 Å². The van der Waals surface area contributed by atoms with Gasteiger partial charge in [-0.05, 0) is 34.1 Å². The van der Waals surface area contributed by atoms with Crippen molar-refractivity contribution in [2.75, 3.05) is 13.3 Å². The Kier molecular flexibility index (Phi) is 4.11. The van der Waals surface area contributed by atoms with Crippen molar-refractivity contribution < 1.29 is 4.79 Å². The Balaban J connectivity index is 4.36. The number of ketones is 1. The molecule has 0 heterocycles. The predicted octanol–water partition coefficient (Wildman–Crippen LogP) is 1.30. The third-order valence-electron chi connectivity index (χ3n) is 1.92. The largest absolute Gasteiger partial charge is 0.309 e. The zero-order valence-electron chi connectivity index (χ0n) is 7.89. The van der Waals surface area contributed by atoms with Crippen LogP contribution in [0, 0.1) is 0 Å². The van der Waals surface area contributed by atoms with Crippen LogP contribution in [0.4, 0.5) is 0 Å². The van der Waals surface area contributed by atoms with Crippen molar-refractivity contribution in [3.05, 3.63) is 0 Å². The monoisotopic (exact) mass is 175 g/mol. The minimum absolute atomic E-state index is 0.0133. The zero-order chi connectivity index (χ0) is 9.07. The van der Waals surface area contributed by atoms with Gasteiger partial charge < -0.3 is 5.32 Å². The van der Waals surface area contributed by atoms with Gasteiger partial charge in [0.25, 0.3) is 0 Å². The van der Waals surface area contributed by atoms with E-state index in [1.54, 1.807) is 18.7 Å². The third kappa shape index (κ3) is 2.83. The maximum Gasteiger partial charge on any atom is 0.148 e. The van der Waals surface area contributed by atoms with Gasteiger partial charge in [-0.1, -0.05) is 0 Å². The van der Waals surface area contributed by atoms with Crippen molar-refractivity contribution in [1.29, 1.82) is 0 Å². The number of rotatable bonds is 4. The van der Waals surface area contributed by atoms with E-state index in [2.05, 4.69) is 19.2 Å². The van der Waals surface area contributed by atoms with E-state index in [-0.39, 0.29) is 16.6 Å². The number of nitrogens with one attached hydrogen (secondary N) is 1. The standard InChI is InChI=1S/C8H17NOS/c1-6(10)7(9-4)8(2,3)11-5/h7,9H,1-5H3/t7-/m0/s1. The highest BCUT2D eigenvalue weighted by molar-refractivity contribution is 8.00. The van der Waals surface area contributed by atoms with E-state index in [1.807, 2.05) is 13.3 Å². The van der Waals surface area contributed by atoms with Gasteiger partial charge in [0.2, 0.25) is 0 Å². The number of hydrogen-bond acceptors (Lipinski definition) is 3. The van der Waals surface area contributed by atoms with E-state index in [1.165, 1.54) is 0 Å². The smallest absolute Gasteiger partial charge is 0.148 e. The SMILES string of the molecule is CN[C@@H](C(C)=O)C(C)(C)SC.